The number of aliphatic imine (C=N–C) groups is 1. The number of sulfonamides is 1. The molecule has 10 heteroatoms. The molecule has 2 atom stereocenters. The summed E-state index contributed by atoms with van der Waals surface area (Å²) in [5.41, 5.74) is 0. The maximum Gasteiger partial charge on any atom is 0.239 e. The molecule has 1 amide bonds. The Balaban J connectivity index is 1.51. The van der Waals surface area contributed by atoms with Crippen LogP contribution in [0.5, 0.6) is 0 Å². The molecule has 0 saturated carbocycles. The average molecular weight is 443 g/mol. The number of likely N-dealkylation sites (tertiary alicyclic amines) is 1. The highest BCUT2D eigenvalue weighted by molar-refractivity contribution is 7.88. The molecule has 0 aromatic carbocycles. The molecule has 172 valence electrons. The van der Waals surface area contributed by atoms with Crippen molar-refractivity contribution in [2.75, 3.05) is 71.7 Å². The minimum Gasteiger partial charge on any atom is -0.357 e. The summed E-state index contributed by atoms with van der Waals surface area (Å²) in [7, 11) is -3.11. The third-order valence-electron chi connectivity index (χ3n) is 6.49. The van der Waals surface area contributed by atoms with Crippen LogP contribution in [0.15, 0.2) is 4.99 Å². The minimum absolute atomic E-state index is 0.0646. The van der Waals surface area contributed by atoms with Crippen molar-refractivity contribution in [1.82, 2.24) is 24.3 Å². The van der Waals surface area contributed by atoms with Gasteiger partial charge in [0.15, 0.2) is 5.96 Å². The van der Waals surface area contributed by atoms with E-state index < -0.39 is 10.0 Å². The van der Waals surface area contributed by atoms with E-state index >= 15 is 0 Å². The fourth-order valence-electron chi connectivity index (χ4n) is 4.57. The van der Waals surface area contributed by atoms with Crippen molar-refractivity contribution in [3.05, 3.63) is 0 Å². The van der Waals surface area contributed by atoms with Gasteiger partial charge in [-0.15, -0.1) is 0 Å². The van der Waals surface area contributed by atoms with Crippen LogP contribution in [0.3, 0.4) is 0 Å². The zero-order valence-electron chi connectivity index (χ0n) is 18.7. The Bertz CT molecular complexity index is 714. The van der Waals surface area contributed by atoms with E-state index in [1.807, 2.05) is 11.8 Å². The molecule has 0 spiro atoms. The third kappa shape index (κ3) is 5.85. The monoisotopic (exact) mass is 442 g/mol. The minimum atomic E-state index is -3.11. The number of amides is 1. The number of nitrogens with one attached hydrogen (secondary N) is 1. The summed E-state index contributed by atoms with van der Waals surface area (Å²) in [5.74, 6) is 1.43. The quantitative estimate of drug-likeness (QED) is 0.455. The van der Waals surface area contributed by atoms with E-state index in [-0.39, 0.29) is 17.9 Å². The zero-order chi connectivity index (χ0) is 21.7. The zero-order valence-corrected chi connectivity index (χ0v) is 19.5. The average Bonchev–Trinajstić information content (AvgIpc) is 3.42. The van der Waals surface area contributed by atoms with Gasteiger partial charge in [-0.3, -0.25) is 14.7 Å². The summed E-state index contributed by atoms with van der Waals surface area (Å²) in [6, 6.07) is -0.0646. The summed E-state index contributed by atoms with van der Waals surface area (Å²) in [6.45, 7) is 11.8. The van der Waals surface area contributed by atoms with Crippen molar-refractivity contribution >= 4 is 21.9 Å². The van der Waals surface area contributed by atoms with Gasteiger partial charge in [-0.2, -0.15) is 0 Å². The molecule has 0 bridgehead atoms. The fourth-order valence-corrected chi connectivity index (χ4v) is 5.49. The van der Waals surface area contributed by atoms with Gasteiger partial charge < -0.3 is 15.1 Å². The molecule has 1 N–H and O–H groups in total. The van der Waals surface area contributed by atoms with Crippen LogP contribution in [-0.2, 0) is 14.8 Å². The number of rotatable bonds is 6. The molecule has 3 fully saturated rings. The largest absolute Gasteiger partial charge is 0.357 e. The van der Waals surface area contributed by atoms with Gasteiger partial charge >= 0.3 is 0 Å². The summed E-state index contributed by atoms with van der Waals surface area (Å²) in [6.07, 6.45) is 4.38. The fraction of sp³-hybridized carbons (Fsp3) is 0.900. The number of nitrogens with zero attached hydrogens (tertiary/aromatic N) is 5. The molecule has 0 aromatic heterocycles. The van der Waals surface area contributed by atoms with Crippen molar-refractivity contribution in [3.63, 3.8) is 0 Å². The van der Waals surface area contributed by atoms with E-state index in [1.54, 1.807) is 4.31 Å². The molecule has 3 aliphatic rings. The lowest BCUT2D eigenvalue weighted by Crippen LogP contribution is -2.57. The molecule has 0 aliphatic carbocycles. The van der Waals surface area contributed by atoms with Crippen LogP contribution >= 0.6 is 0 Å². The normalized spacial score (nSPS) is 25.7. The maximum atomic E-state index is 12.7. The Labute approximate surface area is 181 Å². The first-order chi connectivity index (χ1) is 14.3. The molecule has 3 aliphatic heterocycles. The highest BCUT2D eigenvalue weighted by atomic mass is 32.2. The van der Waals surface area contributed by atoms with E-state index in [9.17, 15) is 13.2 Å². The molecule has 3 heterocycles. The van der Waals surface area contributed by atoms with Gasteiger partial charge in [0, 0.05) is 65.4 Å². The lowest BCUT2D eigenvalue weighted by Gasteiger charge is -2.39. The van der Waals surface area contributed by atoms with Crippen LogP contribution in [0, 0.1) is 5.92 Å². The SMILES string of the molecule is CCNC(=NCC1CCN(S(C)(=O)=O)C1)N1CCN(C(C)C(=O)N2CCCC2)CC1. The first-order valence-corrected chi connectivity index (χ1v) is 13.2. The summed E-state index contributed by atoms with van der Waals surface area (Å²) < 4.78 is 25.0. The first kappa shape index (κ1) is 23.3. The van der Waals surface area contributed by atoms with E-state index in [0.29, 0.717) is 19.6 Å². The van der Waals surface area contributed by atoms with Gasteiger partial charge in [0.2, 0.25) is 15.9 Å². The molecule has 30 heavy (non-hydrogen) atoms. The molecular formula is C20H38N6O3S. The maximum absolute atomic E-state index is 12.7. The topological polar surface area (TPSA) is 88.6 Å². The number of hydrogen-bond acceptors (Lipinski definition) is 5. The summed E-state index contributed by atoms with van der Waals surface area (Å²) >= 11 is 0. The van der Waals surface area contributed by atoms with E-state index in [1.165, 1.54) is 6.26 Å². The van der Waals surface area contributed by atoms with Gasteiger partial charge in [0.1, 0.15) is 0 Å². The Kier molecular flexibility index (Phi) is 7.98. The van der Waals surface area contributed by atoms with Gasteiger partial charge in [0.05, 0.1) is 12.3 Å². The van der Waals surface area contributed by atoms with Gasteiger partial charge in [-0.25, -0.2) is 12.7 Å². The second-order valence-electron chi connectivity index (χ2n) is 8.70. The highest BCUT2D eigenvalue weighted by Gasteiger charge is 2.31. The summed E-state index contributed by atoms with van der Waals surface area (Å²) in [4.78, 5) is 24.1. The van der Waals surface area contributed by atoms with Crippen LogP contribution in [0.25, 0.3) is 0 Å². The lowest BCUT2D eigenvalue weighted by molar-refractivity contribution is -0.135. The molecule has 2 unspecified atom stereocenters. The van der Waals surface area contributed by atoms with E-state index in [0.717, 1.165) is 71.0 Å². The molecule has 3 saturated heterocycles. The summed E-state index contributed by atoms with van der Waals surface area (Å²) in [5, 5.41) is 3.38. The van der Waals surface area contributed by atoms with Gasteiger partial charge in [0.25, 0.3) is 0 Å². The Hall–Kier alpha value is -1.39. The third-order valence-corrected chi connectivity index (χ3v) is 7.76. The standard InChI is InChI=1S/C20H38N6O3S/c1-4-21-20(22-15-18-7-10-26(16-18)30(3,28)29)25-13-11-23(12-14-25)17(2)19(27)24-8-5-6-9-24/h17-18H,4-16H2,1-3H3,(H,21,22). The lowest BCUT2D eigenvalue weighted by atomic mass is 10.1. The van der Waals surface area contributed by atoms with E-state index in [4.69, 9.17) is 4.99 Å². The number of carbonyl (C=O) groups excluding carboxylic acids is 1. The number of hydrogen-bond donors (Lipinski definition) is 1. The van der Waals surface area contributed by atoms with E-state index in [2.05, 4.69) is 22.0 Å². The smallest absolute Gasteiger partial charge is 0.239 e. The predicted molar refractivity (Wildman–Crippen MR) is 119 cm³/mol. The van der Waals surface area contributed by atoms with Crippen molar-refractivity contribution in [2.45, 2.75) is 39.2 Å². The van der Waals surface area contributed by atoms with Crippen LogP contribution in [0.2, 0.25) is 0 Å². The second kappa shape index (κ2) is 10.3. The van der Waals surface area contributed by atoms with Crippen LogP contribution in [0.4, 0.5) is 0 Å². The molecular weight excluding hydrogens is 404 g/mol. The van der Waals surface area contributed by atoms with Crippen molar-refractivity contribution in [3.8, 4) is 0 Å². The molecule has 0 aromatic rings. The Morgan fingerprint density at radius 2 is 1.73 bits per heavy atom. The van der Waals surface area contributed by atoms with Crippen LogP contribution < -0.4 is 5.32 Å². The number of carbonyl (C=O) groups is 1. The van der Waals surface area contributed by atoms with Crippen molar-refractivity contribution in [1.29, 1.82) is 0 Å². The second-order valence-corrected chi connectivity index (χ2v) is 10.7. The molecule has 0 radical (unpaired) electrons. The van der Waals surface area contributed by atoms with Crippen molar-refractivity contribution < 1.29 is 13.2 Å². The molecule has 3 rings (SSSR count). The predicted octanol–water partition coefficient (Wildman–Crippen LogP) is -0.138. The number of guanidine groups is 1. The Morgan fingerprint density at radius 3 is 2.30 bits per heavy atom. The van der Waals surface area contributed by atoms with Crippen molar-refractivity contribution in [2.24, 2.45) is 10.9 Å². The molecule has 9 nitrogen and oxygen atoms in total. The van der Waals surface area contributed by atoms with Gasteiger partial charge in [-0.05, 0) is 39.0 Å². The highest BCUT2D eigenvalue weighted by Crippen LogP contribution is 2.19. The Morgan fingerprint density at radius 1 is 1.07 bits per heavy atom. The van der Waals surface area contributed by atoms with Crippen LogP contribution in [0.1, 0.15) is 33.1 Å². The van der Waals surface area contributed by atoms with Crippen LogP contribution in [-0.4, -0.2) is 117 Å². The first-order valence-electron chi connectivity index (χ1n) is 11.3. The number of piperazine rings is 1. The van der Waals surface area contributed by atoms with Gasteiger partial charge in [-0.1, -0.05) is 0 Å².